The molecule has 2 saturated heterocycles. The number of rotatable bonds is 4. The standard InChI is InChI=1S/C40H66N2O2S/c1-35(2)30-12-15-39(6)31(37(30,4)14-13-32(35)43)10-9-29-33-28(36(3)17-18-36)11-16-40(33,20-19-38(29,39)5)34(44)42-21-7-8-27(42)26-41-22-24-45-25-23-41/h27-33,43H,7-26H2,1-6H3/t27-,28+,29+,30?,31?,32-,33?,37-,38+,39+,40-/m0/s1. The molecule has 1 N–H and O–H groups in total. The molecule has 2 aliphatic heterocycles. The Labute approximate surface area is 280 Å². The van der Waals surface area contributed by atoms with Gasteiger partial charge < -0.3 is 10.0 Å². The monoisotopic (exact) mass is 638 g/mol. The fraction of sp³-hybridized carbons (Fsp3) is 0.975. The second kappa shape index (κ2) is 10.6. The number of aliphatic hydroxyl groups is 1. The summed E-state index contributed by atoms with van der Waals surface area (Å²) in [5.74, 6) is 6.48. The molecule has 8 aliphatic rings. The molecular formula is C40H66N2O2S. The Morgan fingerprint density at radius 1 is 0.733 bits per heavy atom. The van der Waals surface area contributed by atoms with Gasteiger partial charge in [-0.1, -0.05) is 41.5 Å². The quantitative estimate of drug-likeness (QED) is 0.337. The molecule has 0 aromatic heterocycles. The molecule has 11 atom stereocenters. The van der Waals surface area contributed by atoms with Crippen LogP contribution in [0, 0.1) is 62.1 Å². The second-order valence-electron chi connectivity index (χ2n) is 19.7. The number of likely N-dealkylation sites (tertiary alicyclic amines) is 1. The summed E-state index contributed by atoms with van der Waals surface area (Å²) in [5, 5.41) is 11.1. The van der Waals surface area contributed by atoms with Gasteiger partial charge in [0.25, 0.3) is 0 Å². The Morgan fingerprint density at radius 2 is 1.49 bits per heavy atom. The van der Waals surface area contributed by atoms with Gasteiger partial charge in [-0.05, 0) is 147 Å². The van der Waals surface area contributed by atoms with Gasteiger partial charge in [0.2, 0.25) is 5.91 Å². The van der Waals surface area contributed by atoms with Crippen molar-refractivity contribution in [3.8, 4) is 0 Å². The van der Waals surface area contributed by atoms with Gasteiger partial charge in [-0.3, -0.25) is 9.69 Å². The highest BCUT2D eigenvalue weighted by Crippen LogP contribution is 2.79. The maximum absolute atomic E-state index is 15.3. The minimum atomic E-state index is -0.157. The summed E-state index contributed by atoms with van der Waals surface area (Å²) in [7, 11) is 0. The van der Waals surface area contributed by atoms with Gasteiger partial charge in [0.1, 0.15) is 0 Å². The Kier molecular flexibility index (Phi) is 7.55. The number of nitrogens with zero attached hydrogens (tertiary/aromatic N) is 2. The van der Waals surface area contributed by atoms with Crippen molar-refractivity contribution in [3.05, 3.63) is 0 Å². The molecule has 0 spiro atoms. The van der Waals surface area contributed by atoms with Crippen molar-refractivity contribution in [2.75, 3.05) is 37.7 Å². The maximum Gasteiger partial charge on any atom is 0.229 e. The van der Waals surface area contributed by atoms with Crippen LogP contribution in [-0.4, -0.2) is 70.6 Å². The summed E-state index contributed by atoms with van der Waals surface area (Å²) < 4.78 is 0. The van der Waals surface area contributed by atoms with E-state index < -0.39 is 0 Å². The summed E-state index contributed by atoms with van der Waals surface area (Å²) in [6.45, 7) is 20.0. The van der Waals surface area contributed by atoms with E-state index in [1.54, 1.807) is 0 Å². The van der Waals surface area contributed by atoms with Gasteiger partial charge in [-0.2, -0.15) is 11.8 Å². The Morgan fingerprint density at radius 3 is 2.22 bits per heavy atom. The minimum Gasteiger partial charge on any atom is -0.393 e. The molecule has 0 radical (unpaired) electrons. The third-order valence-corrected chi connectivity index (χ3v) is 18.9. The third kappa shape index (κ3) is 4.39. The summed E-state index contributed by atoms with van der Waals surface area (Å²) in [5.41, 5.74) is 1.34. The molecule has 45 heavy (non-hydrogen) atoms. The highest BCUT2D eigenvalue weighted by atomic mass is 32.2. The lowest BCUT2D eigenvalue weighted by Gasteiger charge is -2.73. The zero-order chi connectivity index (χ0) is 31.6. The van der Waals surface area contributed by atoms with Crippen molar-refractivity contribution < 1.29 is 9.90 Å². The Balaban J connectivity index is 1.12. The van der Waals surface area contributed by atoms with Crippen molar-refractivity contribution in [1.29, 1.82) is 0 Å². The van der Waals surface area contributed by atoms with Crippen LogP contribution in [0.3, 0.4) is 0 Å². The predicted molar refractivity (Wildman–Crippen MR) is 186 cm³/mol. The Hall–Kier alpha value is -0.260. The molecule has 8 fully saturated rings. The summed E-state index contributed by atoms with van der Waals surface area (Å²) in [6.07, 6.45) is 17.3. The zero-order valence-electron chi connectivity index (χ0n) is 29.8. The molecule has 6 aliphatic carbocycles. The molecule has 8 rings (SSSR count). The molecule has 0 aromatic rings. The number of carbonyl (C=O) groups excluding carboxylic acids is 1. The maximum atomic E-state index is 15.3. The smallest absolute Gasteiger partial charge is 0.229 e. The lowest BCUT2D eigenvalue weighted by molar-refractivity contribution is -0.249. The van der Waals surface area contributed by atoms with Crippen LogP contribution in [0.4, 0.5) is 0 Å². The molecule has 0 bridgehead atoms. The van der Waals surface area contributed by atoms with Crippen LogP contribution in [0.25, 0.3) is 0 Å². The molecule has 4 nitrogen and oxygen atoms in total. The van der Waals surface area contributed by atoms with Gasteiger partial charge >= 0.3 is 0 Å². The average Bonchev–Trinajstić information content (AvgIpc) is 3.40. The van der Waals surface area contributed by atoms with Crippen molar-refractivity contribution in [2.24, 2.45) is 62.1 Å². The normalized spacial score (nSPS) is 52.0. The van der Waals surface area contributed by atoms with Gasteiger partial charge in [0, 0.05) is 43.7 Å². The van der Waals surface area contributed by atoms with Crippen LogP contribution >= 0.6 is 11.8 Å². The zero-order valence-corrected chi connectivity index (χ0v) is 30.7. The highest BCUT2D eigenvalue weighted by molar-refractivity contribution is 7.99. The first-order valence-corrected chi connectivity index (χ1v) is 20.7. The molecule has 0 aromatic carbocycles. The number of amides is 1. The van der Waals surface area contributed by atoms with Crippen LogP contribution < -0.4 is 0 Å². The first-order valence-electron chi connectivity index (χ1n) is 19.6. The molecule has 6 saturated carbocycles. The van der Waals surface area contributed by atoms with Gasteiger partial charge in [-0.25, -0.2) is 0 Å². The van der Waals surface area contributed by atoms with Gasteiger partial charge in [0.15, 0.2) is 0 Å². The number of hydrogen-bond acceptors (Lipinski definition) is 4. The summed E-state index contributed by atoms with van der Waals surface area (Å²) in [6, 6.07) is 0.438. The molecule has 254 valence electrons. The van der Waals surface area contributed by atoms with Crippen molar-refractivity contribution in [3.63, 3.8) is 0 Å². The van der Waals surface area contributed by atoms with E-state index in [2.05, 4.69) is 63.1 Å². The summed E-state index contributed by atoms with van der Waals surface area (Å²) in [4.78, 5) is 20.5. The van der Waals surface area contributed by atoms with Crippen molar-refractivity contribution >= 4 is 17.7 Å². The van der Waals surface area contributed by atoms with E-state index in [-0.39, 0.29) is 16.9 Å². The van der Waals surface area contributed by atoms with Crippen LogP contribution in [0.15, 0.2) is 0 Å². The fourth-order valence-corrected chi connectivity index (χ4v) is 15.9. The predicted octanol–water partition coefficient (Wildman–Crippen LogP) is 8.27. The van der Waals surface area contributed by atoms with E-state index in [9.17, 15) is 5.11 Å². The van der Waals surface area contributed by atoms with E-state index in [1.165, 1.54) is 102 Å². The van der Waals surface area contributed by atoms with Crippen molar-refractivity contribution in [1.82, 2.24) is 9.80 Å². The number of carbonyl (C=O) groups is 1. The molecule has 5 heteroatoms. The fourth-order valence-electron chi connectivity index (χ4n) is 15.0. The van der Waals surface area contributed by atoms with Crippen LogP contribution in [0.2, 0.25) is 0 Å². The minimum absolute atomic E-state index is 0.0106. The number of aliphatic hydroxyl groups excluding tert-OH is 1. The molecule has 1 amide bonds. The summed E-state index contributed by atoms with van der Waals surface area (Å²) >= 11 is 2.10. The topological polar surface area (TPSA) is 43.8 Å². The molecule has 3 unspecified atom stereocenters. The molecule has 2 heterocycles. The number of thioether (sulfide) groups is 1. The SMILES string of the molecule is CC1([C@@H]2CC[C@]3(C(=O)N4CCC[C@H]4CN4CCSCC4)CC[C@]4(C)[C@H](CCC5[C@@]6(C)CC[C@H](O)C(C)(C)C6CC[C@]54C)C23)CC1. The first-order chi connectivity index (χ1) is 21.3. The third-order valence-electron chi connectivity index (χ3n) is 18.0. The number of fused-ring (bicyclic) bond motifs is 7. The van der Waals surface area contributed by atoms with Crippen LogP contribution in [0.1, 0.15) is 131 Å². The van der Waals surface area contributed by atoms with Crippen LogP contribution in [-0.2, 0) is 4.79 Å². The van der Waals surface area contributed by atoms with E-state index in [0.29, 0.717) is 51.4 Å². The van der Waals surface area contributed by atoms with E-state index >= 15 is 4.79 Å². The first kappa shape index (κ1) is 32.0. The Bertz CT molecular complexity index is 1180. The van der Waals surface area contributed by atoms with Gasteiger partial charge in [-0.15, -0.1) is 0 Å². The lowest BCUT2D eigenvalue weighted by Crippen LogP contribution is -2.67. The van der Waals surface area contributed by atoms with Crippen LogP contribution in [0.5, 0.6) is 0 Å². The molecular weight excluding hydrogens is 573 g/mol. The second-order valence-corrected chi connectivity index (χ2v) is 21.0. The van der Waals surface area contributed by atoms with E-state index in [0.717, 1.165) is 37.8 Å². The van der Waals surface area contributed by atoms with Crippen molar-refractivity contribution in [2.45, 2.75) is 144 Å². The van der Waals surface area contributed by atoms with Gasteiger partial charge in [0.05, 0.1) is 11.5 Å². The highest BCUT2D eigenvalue weighted by Gasteiger charge is 2.73. The van der Waals surface area contributed by atoms with E-state index in [4.69, 9.17) is 0 Å². The van der Waals surface area contributed by atoms with E-state index in [1.807, 2.05) is 0 Å². The number of hydrogen-bond donors (Lipinski definition) is 1. The largest absolute Gasteiger partial charge is 0.393 e. The lowest BCUT2D eigenvalue weighted by atomic mass is 9.32. The average molecular weight is 639 g/mol.